The number of benzene rings is 1. The van der Waals surface area contributed by atoms with Crippen LogP contribution in [0.1, 0.15) is 24.8 Å². The van der Waals surface area contributed by atoms with Gasteiger partial charge in [-0.25, -0.2) is 9.97 Å². The Morgan fingerprint density at radius 1 is 1.23 bits per heavy atom. The molecule has 0 N–H and O–H groups in total. The highest BCUT2D eigenvalue weighted by atomic mass is 16.5. The van der Waals surface area contributed by atoms with Crippen LogP contribution in [0.25, 0.3) is 16.9 Å². The Labute approximate surface area is 128 Å². The number of hydrogen-bond donors (Lipinski definition) is 0. The third-order valence-corrected chi connectivity index (χ3v) is 3.99. The average molecular weight is 295 g/mol. The Morgan fingerprint density at radius 3 is 2.95 bits per heavy atom. The van der Waals surface area contributed by atoms with E-state index in [1.807, 2.05) is 36.4 Å². The number of aromatic nitrogens is 3. The Kier molecular flexibility index (Phi) is 3.27. The molecule has 3 heterocycles. The number of pyridine rings is 1. The van der Waals surface area contributed by atoms with Crippen molar-refractivity contribution in [2.75, 3.05) is 13.7 Å². The maximum absolute atomic E-state index is 5.85. The lowest BCUT2D eigenvalue weighted by Gasteiger charge is -2.15. The predicted molar refractivity (Wildman–Crippen MR) is 83.3 cm³/mol. The van der Waals surface area contributed by atoms with Crippen LogP contribution in [0.3, 0.4) is 0 Å². The van der Waals surface area contributed by atoms with Crippen LogP contribution >= 0.6 is 0 Å². The molecule has 2 aromatic heterocycles. The SMILES string of the molecule is COc1ccccc1-n1c(C2CCCO2)nc2cccnc21. The number of methoxy groups -OCH3 is 1. The number of nitrogens with zero attached hydrogens (tertiary/aromatic N) is 3. The predicted octanol–water partition coefficient (Wildman–Crippen LogP) is 3.28. The first-order chi connectivity index (χ1) is 10.9. The lowest BCUT2D eigenvalue weighted by atomic mass is 10.2. The summed E-state index contributed by atoms with van der Waals surface area (Å²) in [6, 6.07) is 11.8. The molecule has 5 heteroatoms. The van der Waals surface area contributed by atoms with Gasteiger partial charge in [-0.1, -0.05) is 12.1 Å². The monoisotopic (exact) mass is 295 g/mol. The molecular weight excluding hydrogens is 278 g/mol. The zero-order valence-electron chi connectivity index (χ0n) is 12.4. The Morgan fingerprint density at radius 2 is 2.14 bits per heavy atom. The minimum Gasteiger partial charge on any atom is -0.495 e. The van der Waals surface area contributed by atoms with Crippen LogP contribution in [-0.4, -0.2) is 28.3 Å². The van der Waals surface area contributed by atoms with Gasteiger partial charge >= 0.3 is 0 Å². The van der Waals surface area contributed by atoms with Gasteiger partial charge in [0.25, 0.3) is 0 Å². The van der Waals surface area contributed by atoms with Gasteiger partial charge < -0.3 is 9.47 Å². The second-order valence-electron chi connectivity index (χ2n) is 5.33. The summed E-state index contributed by atoms with van der Waals surface area (Å²) in [7, 11) is 1.68. The van der Waals surface area contributed by atoms with Crippen molar-refractivity contribution in [3.8, 4) is 11.4 Å². The van der Waals surface area contributed by atoms with Crippen LogP contribution in [0, 0.1) is 0 Å². The molecule has 1 atom stereocenters. The average Bonchev–Trinajstić information content (AvgIpc) is 3.22. The van der Waals surface area contributed by atoms with Crippen molar-refractivity contribution in [3.05, 3.63) is 48.4 Å². The minimum atomic E-state index is 0.0131. The fourth-order valence-corrected chi connectivity index (χ4v) is 2.98. The fraction of sp³-hybridized carbons (Fsp3) is 0.294. The maximum Gasteiger partial charge on any atom is 0.164 e. The molecule has 1 saturated heterocycles. The smallest absolute Gasteiger partial charge is 0.164 e. The molecule has 5 nitrogen and oxygen atoms in total. The third kappa shape index (κ3) is 2.05. The van der Waals surface area contributed by atoms with Gasteiger partial charge in [0.05, 0.1) is 12.8 Å². The summed E-state index contributed by atoms with van der Waals surface area (Å²) >= 11 is 0. The van der Waals surface area contributed by atoms with Gasteiger partial charge in [0.1, 0.15) is 23.2 Å². The van der Waals surface area contributed by atoms with E-state index in [9.17, 15) is 0 Å². The molecule has 0 saturated carbocycles. The van der Waals surface area contributed by atoms with E-state index in [1.165, 1.54) is 0 Å². The molecule has 3 aromatic rings. The van der Waals surface area contributed by atoms with E-state index in [0.29, 0.717) is 0 Å². The number of rotatable bonds is 3. The van der Waals surface area contributed by atoms with Crippen molar-refractivity contribution < 1.29 is 9.47 Å². The second-order valence-corrected chi connectivity index (χ2v) is 5.33. The molecule has 1 fully saturated rings. The summed E-state index contributed by atoms with van der Waals surface area (Å²) in [4.78, 5) is 9.28. The zero-order chi connectivity index (χ0) is 14.9. The topological polar surface area (TPSA) is 49.2 Å². The highest BCUT2D eigenvalue weighted by Gasteiger charge is 2.26. The first-order valence-corrected chi connectivity index (χ1v) is 7.47. The zero-order valence-corrected chi connectivity index (χ0v) is 12.4. The molecule has 0 amide bonds. The molecule has 1 aromatic carbocycles. The van der Waals surface area contributed by atoms with E-state index in [1.54, 1.807) is 13.3 Å². The van der Waals surface area contributed by atoms with Crippen LogP contribution in [0.15, 0.2) is 42.6 Å². The highest BCUT2D eigenvalue weighted by molar-refractivity contribution is 5.75. The minimum absolute atomic E-state index is 0.0131. The van der Waals surface area contributed by atoms with E-state index in [4.69, 9.17) is 14.5 Å². The Bertz CT molecular complexity index is 807. The largest absolute Gasteiger partial charge is 0.495 e. The molecule has 1 unspecified atom stereocenters. The third-order valence-electron chi connectivity index (χ3n) is 3.99. The van der Waals surface area contributed by atoms with Crippen LogP contribution in [-0.2, 0) is 4.74 Å². The number of fused-ring (bicyclic) bond motifs is 1. The van der Waals surface area contributed by atoms with Crippen LogP contribution in [0.4, 0.5) is 0 Å². The highest BCUT2D eigenvalue weighted by Crippen LogP contribution is 2.34. The summed E-state index contributed by atoms with van der Waals surface area (Å²) in [5.41, 5.74) is 2.65. The van der Waals surface area contributed by atoms with Crippen molar-refractivity contribution in [1.29, 1.82) is 0 Å². The van der Waals surface area contributed by atoms with Gasteiger partial charge in [0, 0.05) is 12.8 Å². The van der Waals surface area contributed by atoms with Crippen molar-refractivity contribution in [2.24, 2.45) is 0 Å². The molecule has 0 radical (unpaired) electrons. The van der Waals surface area contributed by atoms with Crippen molar-refractivity contribution in [2.45, 2.75) is 18.9 Å². The number of hydrogen-bond acceptors (Lipinski definition) is 4. The molecule has 1 aliphatic heterocycles. The maximum atomic E-state index is 5.85. The van der Waals surface area contributed by atoms with Crippen molar-refractivity contribution in [1.82, 2.24) is 14.5 Å². The van der Waals surface area contributed by atoms with E-state index < -0.39 is 0 Å². The number of para-hydroxylation sites is 2. The van der Waals surface area contributed by atoms with E-state index in [-0.39, 0.29) is 6.10 Å². The first-order valence-electron chi connectivity index (χ1n) is 7.47. The molecule has 112 valence electrons. The normalized spacial score (nSPS) is 18.0. The molecule has 0 aliphatic carbocycles. The summed E-state index contributed by atoms with van der Waals surface area (Å²) < 4.78 is 13.4. The van der Waals surface area contributed by atoms with Gasteiger partial charge in [-0.3, -0.25) is 4.57 Å². The summed E-state index contributed by atoms with van der Waals surface area (Å²) in [6.07, 6.45) is 3.85. The molecule has 4 rings (SSSR count). The van der Waals surface area contributed by atoms with E-state index in [0.717, 1.165) is 47.9 Å². The van der Waals surface area contributed by atoms with Gasteiger partial charge in [-0.05, 0) is 37.1 Å². The Balaban J connectivity index is 1.99. The van der Waals surface area contributed by atoms with E-state index in [2.05, 4.69) is 9.55 Å². The molecule has 0 spiro atoms. The summed E-state index contributed by atoms with van der Waals surface area (Å²) in [6.45, 7) is 0.785. The van der Waals surface area contributed by atoms with Crippen LogP contribution in [0.5, 0.6) is 5.75 Å². The lowest BCUT2D eigenvalue weighted by molar-refractivity contribution is 0.104. The number of imidazole rings is 1. The second kappa shape index (κ2) is 5.42. The summed E-state index contributed by atoms with van der Waals surface area (Å²) in [5, 5.41) is 0. The fourth-order valence-electron chi connectivity index (χ4n) is 2.98. The van der Waals surface area contributed by atoms with Crippen molar-refractivity contribution >= 4 is 11.2 Å². The van der Waals surface area contributed by atoms with Crippen molar-refractivity contribution in [3.63, 3.8) is 0 Å². The molecular formula is C17H17N3O2. The molecule has 22 heavy (non-hydrogen) atoms. The summed E-state index contributed by atoms with van der Waals surface area (Å²) in [5.74, 6) is 1.70. The van der Waals surface area contributed by atoms with Gasteiger partial charge in [-0.2, -0.15) is 0 Å². The molecule has 0 bridgehead atoms. The quantitative estimate of drug-likeness (QED) is 0.744. The van der Waals surface area contributed by atoms with Gasteiger partial charge in [0.2, 0.25) is 0 Å². The van der Waals surface area contributed by atoms with Gasteiger partial charge in [0.15, 0.2) is 5.65 Å². The standard InChI is InChI=1S/C17H17N3O2/c1-21-14-8-3-2-7-13(14)20-16-12(6-4-10-18-16)19-17(20)15-9-5-11-22-15/h2-4,6-8,10,15H,5,9,11H2,1H3. The lowest BCUT2D eigenvalue weighted by Crippen LogP contribution is -2.08. The van der Waals surface area contributed by atoms with Crippen LogP contribution < -0.4 is 4.74 Å². The first kappa shape index (κ1) is 13.3. The number of ether oxygens (including phenoxy) is 2. The molecule has 1 aliphatic rings. The van der Waals surface area contributed by atoms with E-state index >= 15 is 0 Å². The van der Waals surface area contributed by atoms with Crippen LogP contribution in [0.2, 0.25) is 0 Å². The van der Waals surface area contributed by atoms with Gasteiger partial charge in [-0.15, -0.1) is 0 Å². The Hall–Kier alpha value is -2.40.